The fourth-order valence-corrected chi connectivity index (χ4v) is 0.596. The average molecular weight is 99.1 g/mol. The van der Waals surface area contributed by atoms with E-state index in [0.29, 0.717) is 6.54 Å². The van der Waals surface area contributed by atoms with Crippen molar-refractivity contribution in [1.29, 1.82) is 0 Å². The van der Waals surface area contributed by atoms with Crippen LogP contribution < -0.4 is 5.32 Å². The summed E-state index contributed by atoms with van der Waals surface area (Å²) < 4.78 is 0. The molecular formula is C5H9NO. The molecular weight excluding hydrogens is 90.1 g/mol. The molecule has 0 spiro atoms. The van der Waals surface area contributed by atoms with Gasteiger partial charge in [0, 0.05) is 6.54 Å². The molecule has 40 valence electrons. The minimum Gasteiger partial charge on any atom is -0.391 e. The number of aliphatic hydroxyl groups excluding tert-OH is 1. The second-order valence-electron chi connectivity index (χ2n) is 1.70. The molecule has 0 amide bonds. The summed E-state index contributed by atoms with van der Waals surface area (Å²) in [6, 6.07) is 0. The van der Waals surface area contributed by atoms with E-state index in [1.807, 2.05) is 12.3 Å². The Hall–Kier alpha value is -0.500. The summed E-state index contributed by atoms with van der Waals surface area (Å²) in [5.74, 6) is 0. The third-order valence-electron chi connectivity index (χ3n) is 0.997. The van der Waals surface area contributed by atoms with Gasteiger partial charge in [-0.25, -0.2) is 0 Å². The van der Waals surface area contributed by atoms with Crippen molar-refractivity contribution in [3.05, 3.63) is 12.3 Å². The van der Waals surface area contributed by atoms with Gasteiger partial charge < -0.3 is 10.4 Å². The van der Waals surface area contributed by atoms with Crippen molar-refractivity contribution in [1.82, 2.24) is 5.32 Å². The topological polar surface area (TPSA) is 32.3 Å². The van der Waals surface area contributed by atoms with Crippen molar-refractivity contribution < 1.29 is 5.11 Å². The molecule has 0 aliphatic carbocycles. The zero-order valence-electron chi connectivity index (χ0n) is 4.09. The normalized spacial score (nSPS) is 29.6. The van der Waals surface area contributed by atoms with Crippen LogP contribution in [0, 0.1) is 0 Å². The number of nitrogens with one attached hydrogen (secondary N) is 1. The standard InChI is InChI=1S/C5H9NO/c7-5-2-1-3-6-4-5/h1,3,5-7H,2,4H2. The third kappa shape index (κ3) is 1.20. The fraction of sp³-hybridized carbons (Fsp3) is 0.600. The van der Waals surface area contributed by atoms with Crippen molar-refractivity contribution >= 4 is 0 Å². The Labute approximate surface area is 42.8 Å². The zero-order valence-corrected chi connectivity index (χ0v) is 4.09. The van der Waals surface area contributed by atoms with Crippen LogP contribution in [0.4, 0.5) is 0 Å². The summed E-state index contributed by atoms with van der Waals surface area (Å²) in [7, 11) is 0. The first kappa shape index (κ1) is 4.65. The third-order valence-corrected chi connectivity index (χ3v) is 0.997. The van der Waals surface area contributed by atoms with Crippen molar-refractivity contribution in [3.8, 4) is 0 Å². The lowest BCUT2D eigenvalue weighted by atomic mass is 10.2. The predicted molar refractivity (Wildman–Crippen MR) is 27.8 cm³/mol. The average Bonchev–Trinajstić information content (AvgIpc) is 1.69. The van der Waals surface area contributed by atoms with Crippen molar-refractivity contribution in [2.24, 2.45) is 0 Å². The van der Waals surface area contributed by atoms with Crippen LogP contribution in [0.1, 0.15) is 6.42 Å². The second-order valence-corrected chi connectivity index (χ2v) is 1.70. The molecule has 1 aliphatic heterocycles. The minimum atomic E-state index is -0.162. The van der Waals surface area contributed by atoms with E-state index in [9.17, 15) is 0 Å². The molecule has 0 aromatic heterocycles. The molecule has 1 heterocycles. The maximum Gasteiger partial charge on any atom is 0.0747 e. The van der Waals surface area contributed by atoms with E-state index < -0.39 is 0 Å². The van der Waals surface area contributed by atoms with Crippen LogP contribution >= 0.6 is 0 Å². The highest BCUT2D eigenvalue weighted by Crippen LogP contribution is 1.94. The minimum absolute atomic E-state index is 0.162. The molecule has 0 aromatic rings. The Balaban J connectivity index is 2.32. The smallest absolute Gasteiger partial charge is 0.0747 e. The van der Waals surface area contributed by atoms with Gasteiger partial charge in [0.2, 0.25) is 0 Å². The Morgan fingerprint density at radius 1 is 1.71 bits per heavy atom. The van der Waals surface area contributed by atoms with Crippen molar-refractivity contribution in [2.45, 2.75) is 12.5 Å². The van der Waals surface area contributed by atoms with Gasteiger partial charge in [-0.3, -0.25) is 0 Å². The zero-order chi connectivity index (χ0) is 5.11. The highest BCUT2D eigenvalue weighted by molar-refractivity contribution is 4.88. The van der Waals surface area contributed by atoms with Crippen LogP contribution in [0.3, 0.4) is 0 Å². The molecule has 0 radical (unpaired) electrons. The van der Waals surface area contributed by atoms with E-state index in [2.05, 4.69) is 5.32 Å². The largest absolute Gasteiger partial charge is 0.391 e. The summed E-state index contributed by atoms with van der Waals surface area (Å²) in [5, 5.41) is 11.7. The highest BCUT2D eigenvalue weighted by atomic mass is 16.3. The predicted octanol–water partition coefficient (Wildman–Crippen LogP) is -0.146. The SMILES string of the molecule is OC1CC=CNC1. The van der Waals surface area contributed by atoms with E-state index in [1.54, 1.807) is 0 Å². The maximum atomic E-state index is 8.80. The number of hydrogen-bond acceptors (Lipinski definition) is 2. The summed E-state index contributed by atoms with van der Waals surface area (Å²) in [5.41, 5.74) is 0. The van der Waals surface area contributed by atoms with Gasteiger partial charge in [-0.15, -0.1) is 0 Å². The van der Waals surface area contributed by atoms with E-state index in [1.165, 1.54) is 0 Å². The molecule has 0 saturated heterocycles. The quantitative estimate of drug-likeness (QED) is 0.443. The number of rotatable bonds is 0. The molecule has 2 N–H and O–H groups in total. The van der Waals surface area contributed by atoms with Crippen LogP contribution in [-0.2, 0) is 0 Å². The highest BCUT2D eigenvalue weighted by Gasteiger charge is 2.01. The number of β-amino-alcohol motifs (C(OH)–C–C–N with tert-alkyl or cyclic N) is 1. The van der Waals surface area contributed by atoms with E-state index in [4.69, 9.17) is 5.11 Å². The van der Waals surface area contributed by atoms with Crippen LogP contribution in [0.15, 0.2) is 12.3 Å². The molecule has 1 atom stereocenters. The van der Waals surface area contributed by atoms with Crippen LogP contribution in [0.2, 0.25) is 0 Å². The summed E-state index contributed by atoms with van der Waals surface area (Å²) in [6.07, 6.45) is 4.43. The van der Waals surface area contributed by atoms with Crippen molar-refractivity contribution in [2.75, 3.05) is 6.54 Å². The molecule has 1 rings (SSSR count). The Kier molecular flexibility index (Phi) is 1.32. The van der Waals surface area contributed by atoms with E-state index >= 15 is 0 Å². The van der Waals surface area contributed by atoms with E-state index in [-0.39, 0.29) is 6.10 Å². The lowest BCUT2D eigenvalue weighted by Crippen LogP contribution is -2.25. The molecule has 0 aromatic carbocycles. The molecule has 2 heteroatoms. The van der Waals surface area contributed by atoms with Gasteiger partial charge in [-0.1, -0.05) is 6.08 Å². The Morgan fingerprint density at radius 3 is 2.86 bits per heavy atom. The first-order chi connectivity index (χ1) is 3.39. The first-order valence-electron chi connectivity index (χ1n) is 2.46. The monoisotopic (exact) mass is 99.1 g/mol. The first-order valence-corrected chi connectivity index (χ1v) is 2.46. The van der Waals surface area contributed by atoms with Gasteiger partial charge in [-0.05, 0) is 12.6 Å². The summed E-state index contributed by atoms with van der Waals surface area (Å²) in [6.45, 7) is 0.705. The van der Waals surface area contributed by atoms with Crippen molar-refractivity contribution in [3.63, 3.8) is 0 Å². The molecule has 1 aliphatic rings. The number of hydrogen-bond donors (Lipinski definition) is 2. The van der Waals surface area contributed by atoms with Gasteiger partial charge in [0.05, 0.1) is 6.10 Å². The van der Waals surface area contributed by atoms with Gasteiger partial charge in [0.25, 0.3) is 0 Å². The summed E-state index contributed by atoms with van der Waals surface area (Å²) >= 11 is 0. The fourth-order valence-electron chi connectivity index (χ4n) is 0.596. The number of aliphatic hydroxyl groups is 1. The van der Waals surface area contributed by atoms with Crippen LogP contribution in [0.25, 0.3) is 0 Å². The van der Waals surface area contributed by atoms with Crippen LogP contribution in [0.5, 0.6) is 0 Å². The van der Waals surface area contributed by atoms with Crippen LogP contribution in [-0.4, -0.2) is 17.8 Å². The lowest BCUT2D eigenvalue weighted by Gasteiger charge is -2.11. The van der Waals surface area contributed by atoms with Gasteiger partial charge >= 0.3 is 0 Å². The maximum absolute atomic E-state index is 8.80. The lowest BCUT2D eigenvalue weighted by molar-refractivity contribution is 0.174. The molecule has 7 heavy (non-hydrogen) atoms. The molecule has 0 fully saturated rings. The Morgan fingerprint density at radius 2 is 2.57 bits per heavy atom. The molecule has 0 saturated carbocycles. The molecule has 1 unspecified atom stereocenters. The Bertz CT molecular complexity index is 80.1. The summed E-state index contributed by atoms with van der Waals surface area (Å²) in [4.78, 5) is 0. The van der Waals surface area contributed by atoms with Gasteiger partial charge in [0.15, 0.2) is 0 Å². The van der Waals surface area contributed by atoms with Gasteiger partial charge in [-0.2, -0.15) is 0 Å². The van der Waals surface area contributed by atoms with E-state index in [0.717, 1.165) is 6.42 Å². The molecule has 2 nitrogen and oxygen atoms in total. The second kappa shape index (κ2) is 1.98. The molecule has 0 bridgehead atoms. The van der Waals surface area contributed by atoms with Gasteiger partial charge in [0.1, 0.15) is 0 Å².